The fraction of sp³-hybridized carbons (Fsp3) is 0.704. The van der Waals surface area contributed by atoms with Crippen molar-refractivity contribution in [2.75, 3.05) is 19.6 Å². The molecule has 1 heterocycles. The second-order valence-electron chi connectivity index (χ2n) is 11.2. The third kappa shape index (κ3) is 3.98. The van der Waals surface area contributed by atoms with Gasteiger partial charge in [0.25, 0.3) is 0 Å². The van der Waals surface area contributed by atoms with Crippen LogP contribution in [-0.2, 0) is 16.0 Å². The van der Waals surface area contributed by atoms with Crippen LogP contribution in [0.25, 0.3) is 0 Å². The zero-order valence-electron chi connectivity index (χ0n) is 19.1. The molecule has 32 heavy (non-hydrogen) atoms. The Hall–Kier alpha value is -1.88. The standard InChI is InChI=1S/C27H37N3O2/c31-26(23-10-9-18-3-1-2-4-22(18)23)29-25-20-8-7-19(15-20)24(25)27(32)28-21-11-13-30(14-12-21)16-17-5-6-17/h1-4,17,19-21,23-25H,5-16H2,(H,28,32)(H,29,31)/t19-,20-,23?,24-,25+/m1/s1. The van der Waals surface area contributed by atoms with Crippen molar-refractivity contribution in [1.82, 2.24) is 15.5 Å². The summed E-state index contributed by atoms with van der Waals surface area (Å²) in [7, 11) is 0. The maximum atomic E-state index is 13.4. The van der Waals surface area contributed by atoms with Crippen LogP contribution in [0.4, 0.5) is 0 Å². The molecule has 3 saturated carbocycles. The van der Waals surface area contributed by atoms with E-state index in [1.54, 1.807) is 0 Å². The van der Waals surface area contributed by atoms with Crippen molar-refractivity contribution in [2.24, 2.45) is 23.7 Å². The highest BCUT2D eigenvalue weighted by atomic mass is 16.2. The van der Waals surface area contributed by atoms with Gasteiger partial charge in [0.1, 0.15) is 0 Å². The van der Waals surface area contributed by atoms with Gasteiger partial charge in [-0.3, -0.25) is 9.59 Å². The van der Waals surface area contributed by atoms with E-state index in [9.17, 15) is 9.59 Å². The van der Waals surface area contributed by atoms with Gasteiger partial charge in [0.2, 0.25) is 11.8 Å². The third-order valence-electron chi connectivity index (χ3n) is 9.12. The van der Waals surface area contributed by atoms with Crippen molar-refractivity contribution in [3.05, 3.63) is 35.4 Å². The van der Waals surface area contributed by atoms with Crippen LogP contribution in [0.15, 0.2) is 24.3 Å². The summed E-state index contributed by atoms with van der Waals surface area (Å²) in [5.74, 6) is 2.09. The van der Waals surface area contributed by atoms with Crippen LogP contribution in [0.3, 0.4) is 0 Å². The zero-order chi connectivity index (χ0) is 21.7. The van der Waals surface area contributed by atoms with Gasteiger partial charge in [0.15, 0.2) is 0 Å². The topological polar surface area (TPSA) is 61.4 Å². The number of aryl methyl sites for hydroxylation is 1. The van der Waals surface area contributed by atoms with E-state index in [0.29, 0.717) is 17.9 Å². The minimum absolute atomic E-state index is 0.0176. The van der Waals surface area contributed by atoms with Crippen molar-refractivity contribution in [3.63, 3.8) is 0 Å². The Morgan fingerprint density at radius 2 is 1.66 bits per heavy atom. The number of piperidine rings is 1. The summed E-state index contributed by atoms with van der Waals surface area (Å²) in [6.07, 6.45) is 10.2. The Morgan fingerprint density at radius 3 is 2.47 bits per heavy atom. The van der Waals surface area contributed by atoms with E-state index >= 15 is 0 Å². The average Bonchev–Trinajstić information content (AvgIpc) is 3.21. The minimum Gasteiger partial charge on any atom is -0.353 e. The molecule has 5 heteroatoms. The summed E-state index contributed by atoms with van der Waals surface area (Å²) in [5, 5.41) is 6.80. The number of nitrogens with zero attached hydrogens (tertiary/aromatic N) is 1. The number of rotatable bonds is 6. The van der Waals surface area contributed by atoms with Gasteiger partial charge in [-0.05, 0) is 86.7 Å². The molecule has 1 aliphatic heterocycles. The van der Waals surface area contributed by atoms with Crippen LogP contribution in [0.2, 0.25) is 0 Å². The van der Waals surface area contributed by atoms with Gasteiger partial charge < -0.3 is 15.5 Å². The van der Waals surface area contributed by atoms with Gasteiger partial charge in [-0.2, -0.15) is 0 Å². The van der Waals surface area contributed by atoms with Crippen LogP contribution in [0.1, 0.15) is 68.4 Å². The fourth-order valence-electron chi connectivity index (χ4n) is 7.19. The SMILES string of the molecule is O=C(N[C@H]1[C@@H]2CC[C@H](C2)[C@H]1C(=O)NC1CCN(CC2CC2)CC1)C1CCc2ccccc21. The molecule has 5 aliphatic rings. The molecule has 5 nitrogen and oxygen atoms in total. The largest absolute Gasteiger partial charge is 0.353 e. The molecular formula is C27H37N3O2. The molecule has 5 atom stereocenters. The molecule has 172 valence electrons. The Balaban J connectivity index is 1.08. The maximum Gasteiger partial charge on any atom is 0.227 e. The molecule has 2 amide bonds. The van der Waals surface area contributed by atoms with Gasteiger partial charge in [-0.15, -0.1) is 0 Å². The Morgan fingerprint density at radius 1 is 0.875 bits per heavy atom. The van der Waals surface area contributed by atoms with E-state index < -0.39 is 0 Å². The number of benzene rings is 1. The Kier molecular flexibility index (Phi) is 5.49. The number of amides is 2. The molecule has 1 aromatic carbocycles. The monoisotopic (exact) mass is 435 g/mol. The molecule has 1 saturated heterocycles. The first-order valence-electron chi connectivity index (χ1n) is 13.1. The summed E-state index contributed by atoms with van der Waals surface area (Å²) < 4.78 is 0. The van der Waals surface area contributed by atoms with Crippen LogP contribution in [0.5, 0.6) is 0 Å². The maximum absolute atomic E-state index is 13.4. The van der Waals surface area contributed by atoms with Crippen molar-refractivity contribution in [2.45, 2.75) is 75.8 Å². The van der Waals surface area contributed by atoms with Gasteiger partial charge >= 0.3 is 0 Å². The first-order valence-corrected chi connectivity index (χ1v) is 13.1. The van der Waals surface area contributed by atoms with E-state index in [1.807, 2.05) is 6.07 Å². The van der Waals surface area contributed by atoms with Crippen LogP contribution in [0, 0.1) is 23.7 Å². The molecule has 0 aromatic heterocycles. The lowest BCUT2D eigenvalue weighted by Gasteiger charge is -2.35. The van der Waals surface area contributed by atoms with E-state index in [2.05, 4.69) is 33.7 Å². The highest BCUT2D eigenvalue weighted by molar-refractivity contribution is 5.87. The lowest BCUT2D eigenvalue weighted by Crippen LogP contribution is -2.53. The van der Waals surface area contributed by atoms with Gasteiger partial charge in [-0.25, -0.2) is 0 Å². The number of carbonyl (C=O) groups excluding carboxylic acids is 2. The average molecular weight is 436 g/mol. The summed E-state index contributed by atoms with van der Waals surface area (Å²) in [5.41, 5.74) is 2.50. The van der Waals surface area contributed by atoms with Gasteiger partial charge in [0, 0.05) is 31.7 Å². The molecule has 4 fully saturated rings. The first kappa shape index (κ1) is 20.7. The molecular weight excluding hydrogens is 398 g/mol. The van der Waals surface area contributed by atoms with E-state index in [-0.39, 0.29) is 29.7 Å². The number of hydrogen-bond acceptors (Lipinski definition) is 3. The molecule has 0 radical (unpaired) electrons. The summed E-state index contributed by atoms with van der Waals surface area (Å²) >= 11 is 0. The predicted octanol–water partition coefficient (Wildman–Crippen LogP) is 3.24. The van der Waals surface area contributed by atoms with Crippen molar-refractivity contribution >= 4 is 11.8 Å². The smallest absolute Gasteiger partial charge is 0.227 e. The molecule has 1 aromatic rings. The highest BCUT2D eigenvalue weighted by Crippen LogP contribution is 2.49. The van der Waals surface area contributed by atoms with E-state index in [4.69, 9.17) is 0 Å². The molecule has 2 N–H and O–H groups in total. The lowest BCUT2D eigenvalue weighted by atomic mass is 9.83. The highest BCUT2D eigenvalue weighted by Gasteiger charge is 2.52. The number of nitrogens with one attached hydrogen (secondary N) is 2. The van der Waals surface area contributed by atoms with Gasteiger partial charge in [0.05, 0.1) is 11.8 Å². The molecule has 0 spiro atoms. The molecule has 1 unspecified atom stereocenters. The van der Waals surface area contributed by atoms with Gasteiger partial charge in [-0.1, -0.05) is 24.3 Å². The van der Waals surface area contributed by atoms with Crippen molar-refractivity contribution in [3.8, 4) is 0 Å². The number of carbonyl (C=O) groups is 2. The quantitative estimate of drug-likeness (QED) is 0.721. The summed E-state index contributed by atoms with van der Waals surface area (Å²) in [6.45, 7) is 3.48. The minimum atomic E-state index is -0.0511. The number of likely N-dealkylation sites (tertiary alicyclic amines) is 1. The van der Waals surface area contributed by atoms with Crippen molar-refractivity contribution in [1.29, 1.82) is 0 Å². The molecule has 2 bridgehead atoms. The summed E-state index contributed by atoms with van der Waals surface area (Å²) in [6, 6.07) is 8.67. The second kappa shape index (κ2) is 8.48. The summed E-state index contributed by atoms with van der Waals surface area (Å²) in [4.78, 5) is 29.3. The molecule has 4 aliphatic carbocycles. The van der Waals surface area contributed by atoms with Crippen LogP contribution in [-0.4, -0.2) is 48.4 Å². The number of hydrogen-bond donors (Lipinski definition) is 2. The Labute approximate surface area is 191 Å². The number of fused-ring (bicyclic) bond motifs is 3. The fourth-order valence-corrected chi connectivity index (χ4v) is 7.19. The lowest BCUT2D eigenvalue weighted by molar-refractivity contribution is -0.130. The van der Waals surface area contributed by atoms with Crippen LogP contribution >= 0.6 is 0 Å². The van der Waals surface area contributed by atoms with Crippen LogP contribution < -0.4 is 10.6 Å². The third-order valence-corrected chi connectivity index (χ3v) is 9.12. The Bertz CT molecular complexity index is 873. The normalized spacial score (nSPS) is 34.4. The van der Waals surface area contributed by atoms with Crippen molar-refractivity contribution < 1.29 is 9.59 Å². The predicted molar refractivity (Wildman–Crippen MR) is 124 cm³/mol. The molecule has 6 rings (SSSR count). The first-order chi connectivity index (χ1) is 15.7. The zero-order valence-corrected chi connectivity index (χ0v) is 19.1. The van der Waals surface area contributed by atoms with E-state index in [0.717, 1.165) is 64.0 Å². The van der Waals surface area contributed by atoms with E-state index in [1.165, 1.54) is 30.5 Å². The second-order valence-corrected chi connectivity index (χ2v) is 11.2.